The van der Waals surface area contributed by atoms with Gasteiger partial charge in [-0.25, -0.2) is 0 Å². The second kappa shape index (κ2) is 5.32. The molecule has 0 aliphatic heterocycles. The number of hydrogen-bond acceptors (Lipinski definition) is 2. The van der Waals surface area contributed by atoms with Crippen LogP contribution in [0.15, 0.2) is 0 Å². The average Bonchev–Trinajstić information content (AvgIpc) is 3.11. The van der Waals surface area contributed by atoms with Crippen molar-refractivity contribution in [2.24, 2.45) is 5.92 Å². The molecule has 0 aromatic heterocycles. The van der Waals surface area contributed by atoms with Gasteiger partial charge < -0.3 is 10.6 Å². The topological polar surface area (TPSA) is 58.2 Å². The number of carbonyl (C=O) groups is 2. The Morgan fingerprint density at radius 3 is 2.31 bits per heavy atom. The van der Waals surface area contributed by atoms with E-state index < -0.39 is 0 Å². The summed E-state index contributed by atoms with van der Waals surface area (Å²) in [6.45, 7) is 0.145. The maximum atomic E-state index is 11.5. The van der Waals surface area contributed by atoms with Gasteiger partial charge in [0.1, 0.15) is 0 Å². The van der Waals surface area contributed by atoms with Crippen LogP contribution < -0.4 is 10.6 Å². The van der Waals surface area contributed by atoms with Gasteiger partial charge in [-0.2, -0.15) is 0 Å². The first-order valence-corrected chi connectivity index (χ1v) is 6.33. The van der Waals surface area contributed by atoms with Crippen LogP contribution in [0.4, 0.5) is 0 Å². The first-order chi connectivity index (χ1) is 7.75. The van der Waals surface area contributed by atoms with Crippen molar-refractivity contribution in [1.29, 1.82) is 0 Å². The van der Waals surface area contributed by atoms with Gasteiger partial charge in [0.25, 0.3) is 0 Å². The van der Waals surface area contributed by atoms with E-state index in [-0.39, 0.29) is 24.3 Å². The maximum Gasteiger partial charge on any atom is 0.239 e. The summed E-state index contributed by atoms with van der Waals surface area (Å²) in [6, 6.07) is 0.332. The minimum Gasteiger partial charge on any atom is -0.352 e. The maximum absolute atomic E-state index is 11.5. The molecule has 0 atom stereocenters. The molecule has 90 valence electrons. The van der Waals surface area contributed by atoms with Gasteiger partial charge in [0, 0.05) is 12.0 Å². The van der Waals surface area contributed by atoms with Gasteiger partial charge in [-0.1, -0.05) is 19.3 Å². The largest absolute Gasteiger partial charge is 0.352 e. The van der Waals surface area contributed by atoms with Crippen LogP contribution in [-0.2, 0) is 9.59 Å². The molecule has 2 rings (SSSR count). The Morgan fingerprint density at radius 2 is 1.69 bits per heavy atom. The SMILES string of the molecule is O=C(CNC(=O)C1CC1)NC1CCCCC1. The molecule has 0 aromatic carbocycles. The highest BCUT2D eigenvalue weighted by atomic mass is 16.2. The minimum atomic E-state index is -0.0408. The van der Waals surface area contributed by atoms with Crippen LogP contribution >= 0.6 is 0 Å². The van der Waals surface area contributed by atoms with Crippen molar-refractivity contribution >= 4 is 11.8 Å². The fourth-order valence-electron chi connectivity index (χ4n) is 2.18. The third kappa shape index (κ3) is 3.51. The van der Waals surface area contributed by atoms with Gasteiger partial charge in [0.05, 0.1) is 6.54 Å². The first kappa shape index (κ1) is 11.4. The zero-order valence-electron chi connectivity index (χ0n) is 9.63. The smallest absolute Gasteiger partial charge is 0.239 e. The average molecular weight is 224 g/mol. The molecule has 2 fully saturated rings. The summed E-state index contributed by atoms with van der Waals surface area (Å²) < 4.78 is 0. The number of hydrogen-bond donors (Lipinski definition) is 2. The fourth-order valence-corrected chi connectivity index (χ4v) is 2.18. The normalized spacial score (nSPS) is 21.5. The van der Waals surface area contributed by atoms with Crippen LogP contribution in [0.5, 0.6) is 0 Å². The second-order valence-electron chi connectivity index (χ2n) is 4.89. The van der Waals surface area contributed by atoms with Crippen molar-refractivity contribution < 1.29 is 9.59 Å². The lowest BCUT2D eigenvalue weighted by molar-refractivity contribution is -0.127. The van der Waals surface area contributed by atoms with Gasteiger partial charge in [-0.3, -0.25) is 9.59 Å². The summed E-state index contributed by atoms with van der Waals surface area (Å²) in [5.41, 5.74) is 0. The van der Waals surface area contributed by atoms with E-state index in [4.69, 9.17) is 0 Å². The Morgan fingerprint density at radius 1 is 1.00 bits per heavy atom. The molecule has 2 aliphatic carbocycles. The highest BCUT2D eigenvalue weighted by Gasteiger charge is 2.29. The van der Waals surface area contributed by atoms with Crippen LogP contribution in [0.1, 0.15) is 44.9 Å². The quantitative estimate of drug-likeness (QED) is 0.747. The van der Waals surface area contributed by atoms with Crippen LogP contribution in [-0.4, -0.2) is 24.4 Å². The predicted octanol–water partition coefficient (Wildman–Crippen LogP) is 0.961. The molecule has 0 bridgehead atoms. The Bertz CT molecular complexity index is 268. The van der Waals surface area contributed by atoms with E-state index in [1.54, 1.807) is 0 Å². The van der Waals surface area contributed by atoms with Gasteiger partial charge in [-0.05, 0) is 25.7 Å². The van der Waals surface area contributed by atoms with Gasteiger partial charge in [0.15, 0.2) is 0 Å². The highest BCUT2D eigenvalue weighted by Crippen LogP contribution is 2.28. The standard InChI is InChI=1S/C12H20N2O2/c15-11(8-13-12(16)9-6-7-9)14-10-4-2-1-3-5-10/h9-10H,1-8H2,(H,13,16)(H,14,15). The molecule has 0 heterocycles. The van der Waals surface area contributed by atoms with Crippen LogP contribution in [0.3, 0.4) is 0 Å². The van der Waals surface area contributed by atoms with E-state index in [2.05, 4.69) is 10.6 Å². The molecule has 4 nitrogen and oxygen atoms in total. The summed E-state index contributed by atoms with van der Waals surface area (Å²) in [4.78, 5) is 22.8. The number of amides is 2. The number of rotatable bonds is 4. The molecule has 0 saturated heterocycles. The molecule has 0 unspecified atom stereocenters. The van der Waals surface area contributed by atoms with Crippen molar-refractivity contribution in [3.8, 4) is 0 Å². The van der Waals surface area contributed by atoms with Crippen molar-refractivity contribution in [1.82, 2.24) is 10.6 Å². The highest BCUT2D eigenvalue weighted by molar-refractivity contribution is 5.86. The molecule has 0 radical (unpaired) electrons. The van der Waals surface area contributed by atoms with Crippen molar-refractivity contribution in [3.63, 3.8) is 0 Å². The van der Waals surface area contributed by atoms with E-state index in [1.165, 1.54) is 19.3 Å². The molecule has 2 amide bonds. The first-order valence-electron chi connectivity index (χ1n) is 6.33. The molecule has 2 aliphatic rings. The molecule has 0 spiro atoms. The molecule has 0 aromatic rings. The monoisotopic (exact) mass is 224 g/mol. The van der Waals surface area contributed by atoms with Crippen LogP contribution in [0, 0.1) is 5.92 Å². The van der Waals surface area contributed by atoms with Crippen molar-refractivity contribution in [2.45, 2.75) is 51.0 Å². The number of carbonyl (C=O) groups excluding carboxylic acids is 2. The Balaban J connectivity index is 1.61. The zero-order valence-corrected chi connectivity index (χ0v) is 9.63. The van der Waals surface area contributed by atoms with Crippen molar-refractivity contribution in [2.75, 3.05) is 6.54 Å². The Kier molecular flexibility index (Phi) is 3.80. The van der Waals surface area contributed by atoms with E-state index in [0.29, 0.717) is 6.04 Å². The predicted molar refractivity (Wildman–Crippen MR) is 60.7 cm³/mol. The summed E-state index contributed by atoms with van der Waals surface area (Å²) in [6.07, 6.45) is 7.83. The third-order valence-corrected chi connectivity index (χ3v) is 3.34. The van der Waals surface area contributed by atoms with Gasteiger partial charge in [0.2, 0.25) is 11.8 Å². The summed E-state index contributed by atoms with van der Waals surface area (Å²) in [7, 11) is 0. The summed E-state index contributed by atoms with van der Waals surface area (Å²) >= 11 is 0. The van der Waals surface area contributed by atoms with E-state index in [0.717, 1.165) is 25.7 Å². The molecular weight excluding hydrogens is 204 g/mol. The number of nitrogens with one attached hydrogen (secondary N) is 2. The van der Waals surface area contributed by atoms with Gasteiger partial charge in [-0.15, -0.1) is 0 Å². The fraction of sp³-hybridized carbons (Fsp3) is 0.833. The molecule has 2 saturated carbocycles. The van der Waals surface area contributed by atoms with Crippen LogP contribution in [0.2, 0.25) is 0 Å². The third-order valence-electron chi connectivity index (χ3n) is 3.34. The minimum absolute atomic E-state index is 0.0406. The lowest BCUT2D eigenvalue weighted by Crippen LogP contribution is -2.43. The van der Waals surface area contributed by atoms with E-state index in [1.807, 2.05) is 0 Å². The van der Waals surface area contributed by atoms with E-state index >= 15 is 0 Å². The zero-order chi connectivity index (χ0) is 11.4. The summed E-state index contributed by atoms with van der Waals surface area (Å²) in [5.74, 6) is 0.183. The van der Waals surface area contributed by atoms with Gasteiger partial charge >= 0.3 is 0 Å². The van der Waals surface area contributed by atoms with Crippen molar-refractivity contribution in [3.05, 3.63) is 0 Å². The molecular formula is C12H20N2O2. The summed E-state index contributed by atoms with van der Waals surface area (Å²) in [5, 5.41) is 5.66. The Labute approximate surface area is 96.2 Å². The Hall–Kier alpha value is -1.06. The molecule has 2 N–H and O–H groups in total. The lowest BCUT2D eigenvalue weighted by Gasteiger charge is -2.22. The van der Waals surface area contributed by atoms with E-state index in [9.17, 15) is 9.59 Å². The lowest BCUT2D eigenvalue weighted by atomic mass is 9.95. The molecule has 4 heteroatoms. The second-order valence-corrected chi connectivity index (χ2v) is 4.89. The molecule has 16 heavy (non-hydrogen) atoms. The van der Waals surface area contributed by atoms with Crippen LogP contribution in [0.25, 0.3) is 0 Å².